The number of esters is 1. The van der Waals surface area contributed by atoms with Crippen LogP contribution in [-0.2, 0) is 4.74 Å². The summed E-state index contributed by atoms with van der Waals surface area (Å²) < 4.78 is 4.76. The fraction of sp³-hybridized carbons (Fsp3) is 0.353. The number of hydrazine groups is 1. The number of nitrogens with one attached hydrogen (secondary N) is 2. The standard InChI is InChI=1S/C17H21N7O4/c1-22-7-9-23(10-8-22)21-16-14(24(26)27)15(18-11-19-16)20-13-6-4-3-5-12(13)17(25)28-2/h3-6,11H,7-10H2,1-2H3,(H2,18,19,20,21). The van der Waals surface area contributed by atoms with Crippen molar-refractivity contribution in [3.8, 4) is 0 Å². The van der Waals surface area contributed by atoms with Gasteiger partial charge in [0, 0.05) is 26.2 Å². The third-order valence-electron chi connectivity index (χ3n) is 4.36. The molecule has 2 N–H and O–H groups in total. The van der Waals surface area contributed by atoms with E-state index < -0.39 is 10.9 Å². The van der Waals surface area contributed by atoms with Crippen molar-refractivity contribution in [2.75, 3.05) is 51.1 Å². The SMILES string of the molecule is COC(=O)c1ccccc1Nc1ncnc(NN2CCN(C)CC2)c1[N+](=O)[O-]. The Morgan fingerprint density at radius 1 is 1.18 bits per heavy atom. The van der Waals surface area contributed by atoms with Crippen LogP contribution in [0.4, 0.5) is 23.0 Å². The van der Waals surface area contributed by atoms with E-state index in [4.69, 9.17) is 4.74 Å². The highest BCUT2D eigenvalue weighted by Gasteiger charge is 2.26. The fourth-order valence-electron chi connectivity index (χ4n) is 2.80. The molecule has 3 rings (SSSR count). The lowest BCUT2D eigenvalue weighted by Gasteiger charge is -2.32. The van der Waals surface area contributed by atoms with Gasteiger partial charge < -0.3 is 15.0 Å². The average Bonchev–Trinajstić information content (AvgIpc) is 2.69. The van der Waals surface area contributed by atoms with Crippen LogP contribution in [-0.4, -0.2) is 71.1 Å². The molecule has 0 spiro atoms. The van der Waals surface area contributed by atoms with E-state index in [9.17, 15) is 14.9 Å². The molecular formula is C17H21N7O4. The fourth-order valence-corrected chi connectivity index (χ4v) is 2.80. The first-order valence-corrected chi connectivity index (χ1v) is 8.63. The van der Waals surface area contributed by atoms with Crippen LogP contribution in [0.25, 0.3) is 0 Å². The van der Waals surface area contributed by atoms with Gasteiger partial charge in [-0.2, -0.15) is 0 Å². The van der Waals surface area contributed by atoms with Crippen LogP contribution in [0.15, 0.2) is 30.6 Å². The minimum absolute atomic E-state index is 0.0204. The Kier molecular flexibility index (Phi) is 5.96. The maximum atomic E-state index is 11.9. The van der Waals surface area contributed by atoms with Crippen LogP contribution >= 0.6 is 0 Å². The zero-order valence-corrected chi connectivity index (χ0v) is 15.6. The normalized spacial score (nSPS) is 15.1. The molecule has 0 atom stereocenters. The van der Waals surface area contributed by atoms with Crippen molar-refractivity contribution in [3.05, 3.63) is 46.3 Å². The van der Waals surface area contributed by atoms with Crippen LogP contribution in [0.1, 0.15) is 10.4 Å². The third-order valence-corrected chi connectivity index (χ3v) is 4.36. The summed E-state index contributed by atoms with van der Waals surface area (Å²) in [6.45, 7) is 3.07. The number of likely N-dealkylation sites (N-methyl/N-ethyl adjacent to an activating group) is 1. The lowest BCUT2D eigenvalue weighted by atomic mass is 10.2. The number of methoxy groups -OCH3 is 1. The first-order valence-electron chi connectivity index (χ1n) is 8.63. The van der Waals surface area contributed by atoms with Gasteiger partial charge in [0.1, 0.15) is 6.33 Å². The van der Waals surface area contributed by atoms with Crippen molar-refractivity contribution in [1.82, 2.24) is 19.9 Å². The quantitative estimate of drug-likeness (QED) is 0.428. The Hall–Kier alpha value is -3.31. The van der Waals surface area contributed by atoms with Gasteiger partial charge in [-0.15, -0.1) is 0 Å². The Morgan fingerprint density at radius 2 is 1.86 bits per heavy atom. The molecule has 1 aliphatic heterocycles. The number of piperazine rings is 1. The van der Waals surface area contributed by atoms with Gasteiger partial charge in [-0.25, -0.2) is 19.8 Å². The van der Waals surface area contributed by atoms with Gasteiger partial charge in [0.15, 0.2) is 0 Å². The lowest BCUT2D eigenvalue weighted by Crippen LogP contribution is -2.47. The molecule has 1 aromatic carbocycles. The molecule has 0 amide bonds. The smallest absolute Gasteiger partial charge is 0.354 e. The van der Waals surface area contributed by atoms with E-state index in [2.05, 4.69) is 25.6 Å². The number of aromatic nitrogens is 2. The molecule has 1 aliphatic rings. The molecule has 148 valence electrons. The number of benzene rings is 1. The number of carbonyl (C=O) groups is 1. The van der Waals surface area contributed by atoms with Crippen LogP contribution in [0.5, 0.6) is 0 Å². The summed E-state index contributed by atoms with van der Waals surface area (Å²) in [5, 5.41) is 16.5. The van der Waals surface area contributed by atoms with E-state index in [1.54, 1.807) is 24.3 Å². The molecule has 0 unspecified atom stereocenters. The summed E-state index contributed by atoms with van der Waals surface area (Å²) in [6, 6.07) is 6.55. The maximum absolute atomic E-state index is 11.9. The van der Waals surface area contributed by atoms with Gasteiger partial charge in [0.25, 0.3) is 0 Å². The monoisotopic (exact) mass is 387 g/mol. The highest BCUT2D eigenvalue weighted by molar-refractivity contribution is 5.96. The number of nitrogens with zero attached hydrogens (tertiary/aromatic N) is 5. The van der Waals surface area contributed by atoms with Crippen LogP contribution in [0.3, 0.4) is 0 Å². The van der Waals surface area contributed by atoms with Crippen LogP contribution in [0, 0.1) is 10.1 Å². The number of hydrogen-bond donors (Lipinski definition) is 2. The van der Waals surface area contributed by atoms with Gasteiger partial charge >= 0.3 is 11.7 Å². The predicted molar refractivity (Wildman–Crippen MR) is 102 cm³/mol. The molecule has 11 heteroatoms. The summed E-state index contributed by atoms with van der Waals surface area (Å²) in [4.78, 5) is 33.3. The van der Waals surface area contributed by atoms with Crippen molar-refractivity contribution in [3.63, 3.8) is 0 Å². The Balaban J connectivity index is 1.90. The van der Waals surface area contributed by atoms with Crippen LogP contribution in [0.2, 0.25) is 0 Å². The van der Waals surface area contributed by atoms with Crippen molar-refractivity contribution in [2.24, 2.45) is 0 Å². The number of anilines is 3. The molecule has 2 heterocycles. The minimum Gasteiger partial charge on any atom is -0.465 e. The van der Waals surface area contributed by atoms with Gasteiger partial charge in [-0.1, -0.05) is 12.1 Å². The predicted octanol–water partition coefficient (Wildman–Crippen LogP) is 1.49. The molecule has 1 aromatic heterocycles. The second-order valence-electron chi connectivity index (χ2n) is 6.24. The van der Waals surface area contributed by atoms with E-state index in [0.29, 0.717) is 18.8 Å². The van der Waals surface area contributed by atoms with E-state index >= 15 is 0 Å². The Labute approximate surface area is 161 Å². The van der Waals surface area contributed by atoms with E-state index in [0.717, 1.165) is 13.1 Å². The average molecular weight is 387 g/mol. The molecule has 11 nitrogen and oxygen atoms in total. The number of ether oxygens (including phenoxy) is 1. The first-order chi connectivity index (χ1) is 13.5. The minimum atomic E-state index is -0.560. The second kappa shape index (κ2) is 8.59. The molecule has 0 radical (unpaired) electrons. The van der Waals surface area contributed by atoms with Gasteiger partial charge in [0.2, 0.25) is 11.6 Å². The number of hydrogen-bond acceptors (Lipinski definition) is 10. The molecule has 28 heavy (non-hydrogen) atoms. The number of para-hydroxylation sites is 1. The highest BCUT2D eigenvalue weighted by atomic mass is 16.6. The molecule has 0 aliphatic carbocycles. The zero-order valence-electron chi connectivity index (χ0n) is 15.6. The van der Waals surface area contributed by atoms with Gasteiger partial charge in [0.05, 0.1) is 23.3 Å². The summed E-state index contributed by atoms with van der Waals surface area (Å²) >= 11 is 0. The summed E-state index contributed by atoms with van der Waals surface area (Å²) in [6.07, 6.45) is 1.23. The molecule has 1 saturated heterocycles. The molecule has 2 aromatic rings. The van der Waals surface area contributed by atoms with Gasteiger partial charge in [-0.3, -0.25) is 15.5 Å². The lowest BCUT2D eigenvalue weighted by molar-refractivity contribution is -0.383. The van der Waals surface area contributed by atoms with Crippen molar-refractivity contribution in [1.29, 1.82) is 0 Å². The van der Waals surface area contributed by atoms with Crippen molar-refractivity contribution in [2.45, 2.75) is 0 Å². The highest BCUT2D eigenvalue weighted by Crippen LogP contribution is 2.32. The van der Waals surface area contributed by atoms with E-state index in [1.165, 1.54) is 13.4 Å². The van der Waals surface area contributed by atoms with E-state index in [-0.39, 0.29) is 22.9 Å². The molecule has 0 bridgehead atoms. The van der Waals surface area contributed by atoms with Crippen molar-refractivity contribution >= 4 is 29.0 Å². The number of carbonyl (C=O) groups excluding carboxylic acids is 1. The maximum Gasteiger partial charge on any atom is 0.354 e. The number of nitro groups is 1. The first kappa shape index (κ1) is 19.5. The second-order valence-corrected chi connectivity index (χ2v) is 6.24. The largest absolute Gasteiger partial charge is 0.465 e. The summed E-state index contributed by atoms with van der Waals surface area (Å²) in [5.41, 5.74) is 3.29. The van der Waals surface area contributed by atoms with Crippen molar-refractivity contribution < 1.29 is 14.5 Å². The molecular weight excluding hydrogens is 366 g/mol. The van der Waals surface area contributed by atoms with Gasteiger partial charge in [-0.05, 0) is 19.2 Å². The summed E-state index contributed by atoms with van der Waals surface area (Å²) in [5.74, 6) is -0.494. The zero-order chi connectivity index (χ0) is 20.1. The number of rotatable bonds is 6. The molecule has 1 fully saturated rings. The topological polar surface area (TPSA) is 126 Å². The third kappa shape index (κ3) is 4.32. The Morgan fingerprint density at radius 3 is 2.54 bits per heavy atom. The summed E-state index contributed by atoms with van der Waals surface area (Å²) in [7, 11) is 3.29. The Bertz CT molecular complexity index is 868. The molecule has 0 saturated carbocycles. The van der Waals surface area contributed by atoms with E-state index in [1.807, 2.05) is 12.1 Å². The van der Waals surface area contributed by atoms with Crippen LogP contribution < -0.4 is 10.7 Å².